The van der Waals surface area contributed by atoms with E-state index >= 15 is 0 Å². The monoisotopic (exact) mass is 177 g/mol. The van der Waals surface area contributed by atoms with Crippen molar-refractivity contribution in [2.45, 2.75) is 0 Å². The molecule has 0 bridgehead atoms. The maximum absolute atomic E-state index is 10.8. The maximum Gasteiger partial charge on any atom is 0.251 e. The van der Waals surface area contributed by atoms with Crippen LogP contribution in [-0.4, -0.2) is 25.8 Å². The van der Waals surface area contributed by atoms with Gasteiger partial charge in [-0.3, -0.25) is 4.79 Å². The predicted octanol–water partition coefficient (Wildman–Crippen LogP) is -1.43. The lowest BCUT2D eigenvalue weighted by Crippen LogP contribution is -2.20. The van der Waals surface area contributed by atoms with E-state index in [0.717, 1.165) is 0 Å². The van der Waals surface area contributed by atoms with Gasteiger partial charge in [0.15, 0.2) is 0 Å². The van der Waals surface area contributed by atoms with Crippen LogP contribution in [-0.2, 0) is 0 Å². The van der Waals surface area contributed by atoms with Gasteiger partial charge < -0.3 is 16.2 Å². The third-order valence-electron chi connectivity index (χ3n) is 1.50. The van der Waals surface area contributed by atoms with Gasteiger partial charge in [-0.25, -0.2) is 4.98 Å². The Morgan fingerprint density at radius 1 is 1.69 bits per heavy atom. The van der Waals surface area contributed by atoms with Gasteiger partial charge in [-0.15, -0.1) is 0 Å². The summed E-state index contributed by atoms with van der Waals surface area (Å²) in [5, 5.41) is 0. The first kappa shape index (κ1) is 9.37. The van der Waals surface area contributed by atoms with Gasteiger partial charge in [-0.05, 0) is 11.7 Å². The largest absolute Gasteiger partial charge is 0.480 e. The first-order valence-electron chi connectivity index (χ1n) is 3.46. The van der Waals surface area contributed by atoms with Gasteiger partial charge in [0.2, 0.25) is 5.88 Å². The zero-order chi connectivity index (χ0) is 10.0. The van der Waals surface area contributed by atoms with Crippen LogP contribution in [0.2, 0.25) is 0 Å². The molecule has 0 fully saturated rings. The van der Waals surface area contributed by atoms with Crippen LogP contribution in [0.25, 0.3) is 0 Å². The molecule has 0 saturated heterocycles. The lowest BCUT2D eigenvalue weighted by Gasteiger charge is -2.07. The summed E-state index contributed by atoms with van der Waals surface area (Å²) >= 11 is 0. The Labute approximate surface area is 76.5 Å². The van der Waals surface area contributed by atoms with E-state index in [0.29, 0.717) is 0 Å². The number of carbonyl (C=O) groups is 1. The zero-order valence-electron chi connectivity index (χ0n) is 7.07. The van der Waals surface area contributed by atoms with Crippen LogP contribution in [0, 0.1) is 0 Å². The van der Waals surface area contributed by atoms with Crippen molar-refractivity contribution >= 4 is 25.0 Å². The predicted molar refractivity (Wildman–Crippen MR) is 49.1 cm³/mol. The number of anilines is 1. The number of pyridine rings is 1. The minimum atomic E-state index is -0.662. The van der Waals surface area contributed by atoms with Gasteiger partial charge in [0.1, 0.15) is 13.5 Å². The molecular formula is C7H8BN3O2. The van der Waals surface area contributed by atoms with E-state index in [1.807, 2.05) is 0 Å². The molecule has 0 unspecified atom stereocenters. The molecule has 0 aromatic carbocycles. The molecule has 0 saturated carbocycles. The summed E-state index contributed by atoms with van der Waals surface area (Å²) in [7, 11) is 6.77. The van der Waals surface area contributed by atoms with Crippen LogP contribution in [0.3, 0.4) is 0 Å². The summed E-state index contributed by atoms with van der Waals surface area (Å²) in [6.45, 7) is 0. The molecular weight excluding hydrogens is 169 g/mol. The van der Waals surface area contributed by atoms with Crippen molar-refractivity contribution < 1.29 is 9.53 Å². The normalized spacial score (nSPS) is 9.62. The van der Waals surface area contributed by atoms with Crippen molar-refractivity contribution in [3.8, 4) is 5.88 Å². The fraction of sp³-hybridized carbons (Fsp3) is 0.143. The van der Waals surface area contributed by atoms with E-state index in [2.05, 4.69) is 4.98 Å². The van der Waals surface area contributed by atoms with Gasteiger partial charge >= 0.3 is 0 Å². The highest BCUT2D eigenvalue weighted by Gasteiger charge is 2.12. The molecule has 66 valence electrons. The summed E-state index contributed by atoms with van der Waals surface area (Å²) in [5.74, 6) is -0.557. The Bertz CT molecular complexity index is 354. The standard InChI is InChI=1S/C7H8BN3O2/c1-13-7-5(9)3(6(10)12)2-4(8)11-7/h2H,9H2,1H3,(H2,10,12). The van der Waals surface area contributed by atoms with Crippen LogP contribution in [0.15, 0.2) is 6.07 Å². The molecule has 4 N–H and O–H groups in total. The summed E-state index contributed by atoms with van der Waals surface area (Å²) in [6.07, 6.45) is 0. The van der Waals surface area contributed by atoms with Crippen molar-refractivity contribution in [3.05, 3.63) is 11.6 Å². The number of methoxy groups -OCH3 is 1. The van der Waals surface area contributed by atoms with Gasteiger partial charge in [-0.1, -0.05) is 0 Å². The number of rotatable bonds is 2. The van der Waals surface area contributed by atoms with Crippen molar-refractivity contribution in [2.24, 2.45) is 5.73 Å². The van der Waals surface area contributed by atoms with Crippen LogP contribution in [0.4, 0.5) is 5.69 Å². The van der Waals surface area contributed by atoms with Crippen molar-refractivity contribution in [3.63, 3.8) is 0 Å². The zero-order valence-corrected chi connectivity index (χ0v) is 7.07. The number of nitrogen functional groups attached to an aromatic ring is 1. The molecule has 5 nitrogen and oxygen atoms in total. The minimum absolute atomic E-state index is 0.101. The Kier molecular flexibility index (Phi) is 2.41. The average Bonchev–Trinajstić information content (AvgIpc) is 2.08. The smallest absolute Gasteiger partial charge is 0.251 e. The third kappa shape index (κ3) is 1.72. The molecule has 0 spiro atoms. The van der Waals surface area contributed by atoms with Crippen LogP contribution >= 0.6 is 0 Å². The van der Waals surface area contributed by atoms with Crippen LogP contribution < -0.4 is 21.8 Å². The SMILES string of the molecule is [B]c1cc(C(N)=O)c(N)c(OC)n1. The molecule has 1 rings (SSSR count). The van der Waals surface area contributed by atoms with E-state index in [1.165, 1.54) is 13.2 Å². The fourth-order valence-corrected chi connectivity index (χ4v) is 0.910. The average molecular weight is 177 g/mol. The van der Waals surface area contributed by atoms with E-state index in [9.17, 15) is 4.79 Å². The Morgan fingerprint density at radius 3 is 2.77 bits per heavy atom. The second kappa shape index (κ2) is 3.34. The molecule has 1 aromatic rings. The molecule has 6 heteroatoms. The Hall–Kier alpha value is -1.72. The summed E-state index contributed by atoms with van der Waals surface area (Å²) in [6, 6.07) is 1.31. The van der Waals surface area contributed by atoms with E-state index < -0.39 is 5.91 Å². The highest BCUT2D eigenvalue weighted by Crippen LogP contribution is 2.19. The number of ether oxygens (including phenoxy) is 1. The van der Waals surface area contributed by atoms with Crippen molar-refractivity contribution in [1.29, 1.82) is 0 Å². The second-order valence-corrected chi connectivity index (χ2v) is 2.38. The quantitative estimate of drug-likeness (QED) is 0.541. The van der Waals surface area contributed by atoms with Crippen LogP contribution in [0.5, 0.6) is 5.88 Å². The number of carbonyl (C=O) groups excluding carboxylic acids is 1. The highest BCUT2D eigenvalue weighted by atomic mass is 16.5. The van der Waals surface area contributed by atoms with E-state index in [1.54, 1.807) is 0 Å². The Morgan fingerprint density at radius 2 is 2.31 bits per heavy atom. The number of primary amides is 1. The number of aromatic nitrogens is 1. The highest BCUT2D eigenvalue weighted by molar-refractivity contribution is 6.31. The molecule has 1 amide bonds. The van der Waals surface area contributed by atoms with Gasteiger partial charge in [0.05, 0.1) is 12.7 Å². The first-order chi connectivity index (χ1) is 6.06. The number of hydrogen-bond acceptors (Lipinski definition) is 4. The fourth-order valence-electron chi connectivity index (χ4n) is 0.910. The minimum Gasteiger partial charge on any atom is -0.480 e. The first-order valence-corrected chi connectivity index (χ1v) is 3.46. The third-order valence-corrected chi connectivity index (χ3v) is 1.50. The van der Waals surface area contributed by atoms with Crippen molar-refractivity contribution in [1.82, 2.24) is 4.98 Å². The van der Waals surface area contributed by atoms with Gasteiger partial charge in [0, 0.05) is 0 Å². The molecule has 13 heavy (non-hydrogen) atoms. The lowest BCUT2D eigenvalue weighted by atomic mass is 10.0. The van der Waals surface area contributed by atoms with Crippen LogP contribution in [0.1, 0.15) is 10.4 Å². The molecule has 1 aromatic heterocycles. The number of nitrogens with two attached hydrogens (primary N) is 2. The topological polar surface area (TPSA) is 91.2 Å². The van der Waals surface area contributed by atoms with E-state index in [4.69, 9.17) is 24.1 Å². The summed E-state index contributed by atoms with van der Waals surface area (Å²) in [5.41, 5.74) is 10.9. The molecule has 0 atom stereocenters. The van der Waals surface area contributed by atoms with Gasteiger partial charge in [0.25, 0.3) is 5.91 Å². The maximum atomic E-state index is 10.8. The second-order valence-electron chi connectivity index (χ2n) is 2.38. The summed E-state index contributed by atoms with van der Waals surface area (Å²) < 4.78 is 4.79. The molecule has 0 aliphatic heterocycles. The molecule has 2 radical (unpaired) electrons. The molecule has 1 heterocycles. The van der Waals surface area contributed by atoms with E-state index in [-0.39, 0.29) is 22.7 Å². The molecule has 0 aliphatic carbocycles. The number of hydrogen-bond donors (Lipinski definition) is 2. The molecule has 0 aliphatic rings. The summed E-state index contributed by atoms with van der Waals surface area (Å²) in [4.78, 5) is 14.6. The lowest BCUT2D eigenvalue weighted by molar-refractivity contribution is 0.100. The number of amides is 1. The Balaban J connectivity index is 3.35. The number of nitrogens with zero attached hydrogens (tertiary/aromatic N) is 1. The van der Waals surface area contributed by atoms with Gasteiger partial charge in [-0.2, -0.15) is 0 Å². The van der Waals surface area contributed by atoms with Crippen molar-refractivity contribution in [2.75, 3.05) is 12.8 Å².